The predicted octanol–water partition coefficient (Wildman–Crippen LogP) is 5.17. The van der Waals surface area contributed by atoms with Gasteiger partial charge < -0.3 is 9.64 Å². The zero-order chi connectivity index (χ0) is 18.9. The van der Waals surface area contributed by atoms with E-state index in [9.17, 15) is 4.79 Å². The number of rotatable bonds is 5. The lowest BCUT2D eigenvalue weighted by Crippen LogP contribution is -2.40. The number of nitrogens with zero attached hydrogens (tertiary/aromatic N) is 2. The molecule has 1 aromatic heterocycles. The first-order valence-corrected chi connectivity index (χ1v) is 9.77. The van der Waals surface area contributed by atoms with Gasteiger partial charge in [0.2, 0.25) is 0 Å². The molecule has 0 aliphatic heterocycles. The fourth-order valence-corrected chi connectivity index (χ4v) is 4.31. The third kappa shape index (κ3) is 4.15. The molecule has 0 bridgehead atoms. The van der Waals surface area contributed by atoms with Crippen LogP contribution in [0.1, 0.15) is 41.0 Å². The second kappa shape index (κ2) is 7.23. The lowest BCUT2D eigenvalue weighted by molar-refractivity contribution is -0.132. The maximum atomic E-state index is 12.9. The molecule has 0 saturated carbocycles. The SMILES string of the molecule is CC1=CC(N(C(=O)COc2nc3ccccc3s2)C(C)C)=CC(C)(C)C1. The summed E-state index contributed by atoms with van der Waals surface area (Å²) in [5, 5.41) is 0.535. The highest BCUT2D eigenvalue weighted by molar-refractivity contribution is 7.20. The van der Waals surface area contributed by atoms with Gasteiger partial charge in [-0.15, -0.1) is 0 Å². The number of amides is 1. The van der Waals surface area contributed by atoms with Crippen molar-refractivity contribution >= 4 is 27.5 Å². The standard InChI is InChI=1S/C21H26N2O2S/c1-14(2)23(16-10-15(3)11-21(4,5)12-16)19(24)13-25-20-22-17-8-6-7-9-18(17)26-20/h6-10,12,14H,11,13H2,1-5H3. The first kappa shape index (κ1) is 18.6. The molecule has 0 saturated heterocycles. The van der Waals surface area contributed by atoms with Gasteiger partial charge in [0.05, 0.1) is 10.2 Å². The van der Waals surface area contributed by atoms with Crippen LogP contribution in [0.2, 0.25) is 0 Å². The normalized spacial score (nSPS) is 16.4. The van der Waals surface area contributed by atoms with Crippen LogP contribution in [0.4, 0.5) is 0 Å². The molecule has 5 heteroatoms. The molecule has 2 aromatic rings. The third-order valence-electron chi connectivity index (χ3n) is 4.32. The Balaban J connectivity index is 1.76. The van der Waals surface area contributed by atoms with Gasteiger partial charge in [-0.3, -0.25) is 4.79 Å². The highest BCUT2D eigenvalue weighted by atomic mass is 32.1. The molecule has 1 amide bonds. The molecule has 0 fully saturated rings. The molecule has 0 atom stereocenters. The molecule has 0 spiro atoms. The van der Waals surface area contributed by atoms with Gasteiger partial charge in [-0.05, 0) is 50.8 Å². The summed E-state index contributed by atoms with van der Waals surface area (Å²) in [7, 11) is 0. The smallest absolute Gasteiger partial charge is 0.274 e. The van der Waals surface area contributed by atoms with E-state index in [1.807, 2.05) is 43.0 Å². The van der Waals surface area contributed by atoms with E-state index in [4.69, 9.17) is 4.74 Å². The lowest BCUT2D eigenvalue weighted by Gasteiger charge is -2.34. The number of hydrogen-bond acceptors (Lipinski definition) is 4. The minimum atomic E-state index is -0.0488. The topological polar surface area (TPSA) is 42.4 Å². The lowest BCUT2D eigenvalue weighted by atomic mass is 9.81. The van der Waals surface area contributed by atoms with E-state index in [0.717, 1.165) is 22.3 Å². The Bertz CT molecular complexity index is 844. The zero-order valence-electron chi connectivity index (χ0n) is 16.1. The summed E-state index contributed by atoms with van der Waals surface area (Å²) in [6, 6.07) is 7.94. The van der Waals surface area contributed by atoms with Crippen LogP contribution < -0.4 is 4.74 Å². The molecule has 1 aliphatic rings. The van der Waals surface area contributed by atoms with Crippen LogP contribution in [0.15, 0.2) is 47.7 Å². The van der Waals surface area contributed by atoms with Gasteiger partial charge in [-0.1, -0.05) is 49.0 Å². The number of ether oxygens (including phenoxy) is 1. The van der Waals surface area contributed by atoms with E-state index < -0.39 is 0 Å². The van der Waals surface area contributed by atoms with Crippen molar-refractivity contribution in [2.24, 2.45) is 5.41 Å². The second-order valence-electron chi connectivity index (χ2n) is 7.82. The predicted molar refractivity (Wildman–Crippen MR) is 107 cm³/mol. The first-order valence-electron chi connectivity index (χ1n) is 8.96. The Hall–Kier alpha value is -2.14. The highest BCUT2D eigenvalue weighted by Gasteiger charge is 2.27. The van der Waals surface area contributed by atoms with Gasteiger partial charge in [0.25, 0.3) is 11.1 Å². The summed E-state index contributed by atoms with van der Waals surface area (Å²) in [6.45, 7) is 10.6. The molecular formula is C21H26N2O2S. The quantitative estimate of drug-likeness (QED) is 0.729. The van der Waals surface area contributed by atoms with Gasteiger partial charge in [-0.2, -0.15) is 0 Å². The Morgan fingerprint density at radius 2 is 2.08 bits per heavy atom. The van der Waals surface area contributed by atoms with Gasteiger partial charge in [-0.25, -0.2) is 4.98 Å². The number of fused-ring (bicyclic) bond motifs is 1. The molecule has 4 nitrogen and oxygen atoms in total. The van der Waals surface area contributed by atoms with E-state index in [-0.39, 0.29) is 24.0 Å². The van der Waals surface area contributed by atoms with Crippen molar-refractivity contribution in [1.82, 2.24) is 9.88 Å². The molecule has 0 radical (unpaired) electrons. The molecule has 0 N–H and O–H groups in total. The number of carbonyl (C=O) groups excluding carboxylic acids is 1. The van der Waals surface area contributed by atoms with Crippen molar-refractivity contribution in [3.63, 3.8) is 0 Å². The Morgan fingerprint density at radius 3 is 2.73 bits per heavy atom. The molecule has 0 unspecified atom stereocenters. The van der Waals surface area contributed by atoms with Crippen LogP contribution in [0.3, 0.4) is 0 Å². The van der Waals surface area contributed by atoms with Crippen molar-refractivity contribution < 1.29 is 9.53 Å². The molecule has 1 aromatic carbocycles. The number of allylic oxidation sites excluding steroid dienone is 3. The third-order valence-corrected chi connectivity index (χ3v) is 5.27. The Labute approximate surface area is 159 Å². The number of aromatic nitrogens is 1. The van der Waals surface area contributed by atoms with Crippen molar-refractivity contribution in [3.8, 4) is 5.19 Å². The van der Waals surface area contributed by atoms with Gasteiger partial charge in [0.15, 0.2) is 6.61 Å². The maximum absolute atomic E-state index is 12.9. The maximum Gasteiger partial charge on any atom is 0.274 e. The summed E-state index contributed by atoms with van der Waals surface area (Å²) in [5.74, 6) is -0.0488. The minimum Gasteiger partial charge on any atom is -0.460 e. The summed E-state index contributed by atoms with van der Waals surface area (Å²) in [6.07, 6.45) is 5.31. The highest BCUT2D eigenvalue weighted by Crippen LogP contribution is 2.35. The second-order valence-corrected chi connectivity index (χ2v) is 8.81. The first-order chi connectivity index (χ1) is 12.2. The number of para-hydroxylation sites is 1. The molecule has 138 valence electrons. The van der Waals surface area contributed by atoms with Crippen molar-refractivity contribution in [2.75, 3.05) is 6.61 Å². The minimum absolute atomic E-state index is 0.0113. The van der Waals surface area contributed by atoms with Crippen molar-refractivity contribution in [3.05, 3.63) is 47.7 Å². The summed E-state index contributed by atoms with van der Waals surface area (Å²) >= 11 is 1.46. The molecule has 1 heterocycles. The van der Waals surface area contributed by atoms with Crippen LogP contribution >= 0.6 is 11.3 Å². The van der Waals surface area contributed by atoms with Crippen LogP contribution in [0.5, 0.6) is 5.19 Å². The van der Waals surface area contributed by atoms with Crippen LogP contribution in [0.25, 0.3) is 10.2 Å². The van der Waals surface area contributed by atoms with Gasteiger partial charge in [0.1, 0.15) is 0 Å². The number of thiazole rings is 1. The Morgan fingerprint density at radius 1 is 1.35 bits per heavy atom. The summed E-state index contributed by atoms with van der Waals surface area (Å²) in [4.78, 5) is 19.2. The van der Waals surface area contributed by atoms with Crippen molar-refractivity contribution in [1.29, 1.82) is 0 Å². The Kier molecular flexibility index (Phi) is 5.19. The number of benzene rings is 1. The molecule has 26 heavy (non-hydrogen) atoms. The summed E-state index contributed by atoms with van der Waals surface area (Å²) < 4.78 is 6.78. The van der Waals surface area contributed by atoms with E-state index in [1.54, 1.807) is 0 Å². The monoisotopic (exact) mass is 370 g/mol. The summed E-state index contributed by atoms with van der Waals surface area (Å²) in [5.41, 5.74) is 3.20. The fraction of sp³-hybridized carbons (Fsp3) is 0.429. The molecule has 1 aliphatic carbocycles. The average molecular weight is 371 g/mol. The van der Waals surface area contributed by atoms with E-state index >= 15 is 0 Å². The van der Waals surface area contributed by atoms with Gasteiger partial charge in [0, 0.05) is 11.7 Å². The molecule has 3 rings (SSSR count). The largest absolute Gasteiger partial charge is 0.460 e. The fourth-order valence-electron chi connectivity index (χ4n) is 3.49. The molecular weight excluding hydrogens is 344 g/mol. The zero-order valence-corrected chi connectivity index (χ0v) is 16.9. The number of carbonyl (C=O) groups is 1. The van der Waals surface area contributed by atoms with Crippen LogP contribution in [0, 0.1) is 5.41 Å². The van der Waals surface area contributed by atoms with Crippen LogP contribution in [-0.2, 0) is 4.79 Å². The van der Waals surface area contributed by atoms with Gasteiger partial charge >= 0.3 is 0 Å². The van der Waals surface area contributed by atoms with E-state index in [2.05, 4.69) is 37.9 Å². The average Bonchev–Trinajstić information content (AvgIpc) is 2.93. The number of hydrogen-bond donors (Lipinski definition) is 0. The van der Waals surface area contributed by atoms with E-state index in [1.165, 1.54) is 16.9 Å². The van der Waals surface area contributed by atoms with Crippen molar-refractivity contribution in [2.45, 2.75) is 47.1 Å². The van der Waals surface area contributed by atoms with Crippen LogP contribution in [-0.4, -0.2) is 28.4 Å². The van der Waals surface area contributed by atoms with E-state index in [0.29, 0.717) is 5.19 Å².